The molecular formula is C11H14N4O3. The molecule has 0 radical (unpaired) electrons. The van der Waals surface area contributed by atoms with Crippen molar-refractivity contribution < 1.29 is 9.72 Å². The number of nitrogens with one attached hydrogen (secondary N) is 1. The molecule has 3 N–H and O–H groups in total. The Kier molecular flexibility index (Phi) is 4.36. The molecule has 0 saturated carbocycles. The van der Waals surface area contributed by atoms with Gasteiger partial charge < -0.3 is 5.73 Å². The number of nitrogens with two attached hydrogens (primary N) is 1. The average Bonchev–Trinajstić information content (AvgIpc) is 2.28. The van der Waals surface area contributed by atoms with E-state index in [9.17, 15) is 14.9 Å². The molecule has 1 aromatic carbocycles. The van der Waals surface area contributed by atoms with Crippen LogP contribution in [-0.2, 0) is 0 Å². The molecule has 1 aromatic rings. The van der Waals surface area contributed by atoms with Gasteiger partial charge in [0, 0.05) is 17.2 Å². The molecule has 7 heteroatoms. The van der Waals surface area contributed by atoms with Gasteiger partial charge in [0.1, 0.15) is 0 Å². The van der Waals surface area contributed by atoms with Gasteiger partial charge in [-0.15, -0.1) is 0 Å². The van der Waals surface area contributed by atoms with Crippen molar-refractivity contribution in [1.82, 2.24) is 5.43 Å². The van der Waals surface area contributed by atoms with Crippen LogP contribution in [0.25, 0.3) is 0 Å². The second kappa shape index (κ2) is 5.76. The zero-order valence-electron chi connectivity index (χ0n) is 10.1. The molecule has 0 heterocycles. The third-order valence-corrected chi connectivity index (χ3v) is 2.26. The van der Waals surface area contributed by atoms with Crippen molar-refractivity contribution in [2.24, 2.45) is 10.8 Å². The summed E-state index contributed by atoms with van der Waals surface area (Å²) in [5, 5.41) is 14.5. The van der Waals surface area contributed by atoms with Gasteiger partial charge in [0.25, 0.3) is 5.69 Å². The van der Waals surface area contributed by atoms with Crippen LogP contribution in [0.2, 0.25) is 0 Å². The lowest BCUT2D eigenvalue weighted by Crippen LogP contribution is -2.24. The van der Waals surface area contributed by atoms with Crippen LogP contribution in [0.5, 0.6) is 0 Å². The van der Waals surface area contributed by atoms with Gasteiger partial charge in [-0.05, 0) is 5.92 Å². The molecule has 96 valence electrons. The fourth-order valence-corrected chi connectivity index (χ4v) is 1.46. The van der Waals surface area contributed by atoms with Crippen LogP contribution in [0.3, 0.4) is 0 Å². The van der Waals surface area contributed by atoms with Crippen LogP contribution in [-0.4, -0.2) is 17.2 Å². The fourth-order valence-electron chi connectivity index (χ4n) is 1.46. The van der Waals surface area contributed by atoms with Crippen LogP contribution in [0.4, 0.5) is 10.5 Å². The summed E-state index contributed by atoms with van der Waals surface area (Å²) >= 11 is 0. The van der Waals surface area contributed by atoms with E-state index in [2.05, 4.69) is 5.10 Å². The number of rotatable bonds is 4. The second-order valence-electron chi connectivity index (χ2n) is 3.96. The number of hydrogen-bond acceptors (Lipinski definition) is 4. The first-order chi connectivity index (χ1) is 8.41. The lowest BCUT2D eigenvalue weighted by atomic mass is 9.99. The van der Waals surface area contributed by atoms with E-state index >= 15 is 0 Å². The molecule has 0 atom stereocenters. The Morgan fingerprint density at radius 1 is 1.56 bits per heavy atom. The zero-order valence-corrected chi connectivity index (χ0v) is 10.1. The number of urea groups is 1. The highest BCUT2D eigenvalue weighted by molar-refractivity contribution is 5.82. The molecule has 7 nitrogen and oxygen atoms in total. The van der Waals surface area contributed by atoms with E-state index in [0.717, 1.165) is 0 Å². The average molecular weight is 250 g/mol. The van der Waals surface area contributed by atoms with E-state index in [1.807, 2.05) is 19.3 Å². The summed E-state index contributed by atoms with van der Waals surface area (Å²) in [7, 11) is 0. The highest BCUT2D eigenvalue weighted by Gasteiger charge is 2.16. The largest absolute Gasteiger partial charge is 0.350 e. The number of nitro groups is 1. The molecule has 2 amide bonds. The molecule has 0 spiro atoms. The van der Waals surface area contributed by atoms with Crippen LogP contribution in [0.15, 0.2) is 23.3 Å². The van der Waals surface area contributed by atoms with Gasteiger partial charge in [0.2, 0.25) is 0 Å². The maximum Gasteiger partial charge on any atom is 0.332 e. The van der Waals surface area contributed by atoms with Gasteiger partial charge in [-0.3, -0.25) is 10.1 Å². The number of primary amides is 1. The van der Waals surface area contributed by atoms with E-state index in [-0.39, 0.29) is 11.6 Å². The molecule has 0 fully saturated rings. The normalized spacial score (nSPS) is 10.8. The molecule has 0 aliphatic rings. The van der Waals surface area contributed by atoms with Crippen molar-refractivity contribution in [1.29, 1.82) is 0 Å². The Hall–Kier alpha value is -2.44. The minimum absolute atomic E-state index is 0.0352. The molecular weight excluding hydrogens is 236 g/mol. The van der Waals surface area contributed by atoms with Crippen molar-refractivity contribution >= 4 is 17.9 Å². The predicted octanol–water partition coefficient (Wildman–Crippen LogP) is 1.72. The van der Waals surface area contributed by atoms with Crippen molar-refractivity contribution in [3.8, 4) is 0 Å². The van der Waals surface area contributed by atoms with Crippen LogP contribution < -0.4 is 11.2 Å². The molecule has 18 heavy (non-hydrogen) atoms. The lowest BCUT2D eigenvalue weighted by molar-refractivity contribution is -0.385. The number of carbonyl (C=O) groups is 1. The van der Waals surface area contributed by atoms with E-state index in [1.54, 1.807) is 12.1 Å². The number of hydrazone groups is 1. The smallest absolute Gasteiger partial charge is 0.332 e. The van der Waals surface area contributed by atoms with Gasteiger partial charge in [-0.25, -0.2) is 10.2 Å². The first-order valence-corrected chi connectivity index (χ1v) is 5.28. The number of amides is 2. The standard InChI is InChI=1S/C11H14N4O3/c1-7(2)9-4-3-8(5-10(9)15(17)18)6-13-14-11(12)16/h3-7H,1-2H3,(H3,12,14,16)/b13-6+. The van der Waals surface area contributed by atoms with Crippen LogP contribution in [0.1, 0.15) is 30.9 Å². The number of nitro benzene ring substituents is 1. The fraction of sp³-hybridized carbons (Fsp3) is 0.273. The predicted molar refractivity (Wildman–Crippen MR) is 67.5 cm³/mol. The lowest BCUT2D eigenvalue weighted by Gasteiger charge is -2.06. The second-order valence-corrected chi connectivity index (χ2v) is 3.96. The van der Waals surface area contributed by atoms with Gasteiger partial charge in [0.15, 0.2) is 0 Å². The summed E-state index contributed by atoms with van der Waals surface area (Å²) in [5.41, 5.74) is 8.05. The Morgan fingerprint density at radius 2 is 2.22 bits per heavy atom. The Bertz CT molecular complexity index is 497. The summed E-state index contributed by atoms with van der Waals surface area (Å²) in [6.45, 7) is 3.76. The van der Waals surface area contributed by atoms with Crippen molar-refractivity contribution in [2.45, 2.75) is 19.8 Å². The quantitative estimate of drug-likeness (QED) is 0.482. The van der Waals surface area contributed by atoms with Crippen LogP contribution >= 0.6 is 0 Å². The summed E-state index contributed by atoms with van der Waals surface area (Å²) in [5.74, 6) is 0.0557. The molecule has 0 bridgehead atoms. The summed E-state index contributed by atoms with van der Waals surface area (Å²) in [4.78, 5) is 20.9. The van der Waals surface area contributed by atoms with E-state index in [4.69, 9.17) is 5.73 Å². The Balaban J connectivity index is 3.04. The first kappa shape index (κ1) is 13.6. The zero-order chi connectivity index (χ0) is 13.7. The number of carbonyl (C=O) groups excluding carboxylic acids is 1. The van der Waals surface area contributed by atoms with E-state index in [0.29, 0.717) is 11.1 Å². The molecule has 0 unspecified atom stereocenters. The first-order valence-electron chi connectivity index (χ1n) is 5.28. The van der Waals surface area contributed by atoms with E-state index < -0.39 is 11.0 Å². The summed E-state index contributed by atoms with van der Waals surface area (Å²) in [6, 6.07) is 3.98. The molecule has 1 rings (SSSR count). The molecule has 0 saturated heterocycles. The highest BCUT2D eigenvalue weighted by Crippen LogP contribution is 2.26. The van der Waals surface area contributed by atoms with Crippen molar-refractivity contribution in [3.63, 3.8) is 0 Å². The third-order valence-electron chi connectivity index (χ3n) is 2.26. The molecule has 0 aliphatic heterocycles. The number of hydrogen-bond donors (Lipinski definition) is 2. The Labute approximate surface area is 104 Å². The van der Waals surface area contributed by atoms with Gasteiger partial charge >= 0.3 is 6.03 Å². The van der Waals surface area contributed by atoms with Gasteiger partial charge in [0.05, 0.1) is 11.1 Å². The maximum atomic E-state index is 10.9. The Morgan fingerprint density at radius 3 is 2.72 bits per heavy atom. The molecule has 0 aromatic heterocycles. The summed E-state index contributed by atoms with van der Waals surface area (Å²) < 4.78 is 0. The van der Waals surface area contributed by atoms with Crippen molar-refractivity contribution in [2.75, 3.05) is 0 Å². The van der Waals surface area contributed by atoms with Crippen molar-refractivity contribution in [3.05, 3.63) is 39.4 Å². The van der Waals surface area contributed by atoms with Crippen LogP contribution in [0, 0.1) is 10.1 Å². The minimum Gasteiger partial charge on any atom is -0.350 e. The molecule has 0 aliphatic carbocycles. The minimum atomic E-state index is -0.792. The van der Waals surface area contributed by atoms with Gasteiger partial charge in [-0.2, -0.15) is 5.10 Å². The topological polar surface area (TPSA) is 111 Å². The SMILES string of the molecule is CC(C)c1ccc(/C=N/NC(N)=O)cc1[N+](=O)[O-]. The highest BCUT2D eigenvalue weighted by atomic mass is 16.6. The third kappa shape index (κ3) is 3.55. The summed E-state index contributed by atoms with van der Waals surface area (Å²) in [6.07, 6.45) is 1.29. The maximum absolute atomic E-state index is 10.9. The monoisotopic (exact) mass is 250 g/mol. The van der Waals surface area contributed by atoms with E-state index in [1.165, 1.54) is 12.3 Å². The number of nitrogens with zero attached hydrogens (tertiary/aromatic N) is 2. The number of benzene rings is 1. The van der Waals surface area contributed by atoms with Gasteiger partial charge in [-0.1, -0.05) is 26.0 Å².